The normalized spacial score (nSPS) is 15.6. The predicted molar refractivity (Wildman–Crippen MR) is 116 cm³/mol. The lowest BCUT2D eigenvalue weighted by Crippen LogP contribution is -2.26. The van der Waals surface area contributed by atoms with Gasteiger partial charge in [-0.1, -0.05) is 6.07 Å². The average Bonchev–Trinajstić information content (AvgIpc) is 3.18. The molecule has 1 saturated carbocycles. The van der Waals surface area contributed by atoms with E-state index in [1.807, 2.05) is 35.1 Å². The van der Waals surface area contributed by atoms with Gasteiger partial charge in [0.2, 0.25) is 11.9 Å². The summed E-state index contributed by atoms with van der Waals surface area (Å²) in [7, 11) is 1.69. The van der Waals surface area contributed by atoms with Crippen LogP contribution in [0, 0.1) is 0 Å². The van der Waals surface area contributed by atoms with Gasteiger partial charge in [-0.2, -0.15) is 5.10 Å². The molecular formula is C22H21N7O2. The highest BCUT2D eigenvalue weighted by atomic mass is 16.2. The number of aryl methyl sites for hydroxylation is 1. The van der Waals surface area contributed by atoms with E-state index in [1.54, 1.807) is 18.9 Å². The molecular weight excluding hydrogens is 394 g/mol. The van der Waals surface area contributed by atoms with Gasteiger partial charge in [-0.15, -0.1) is 0 Å². The number of aromatic nitrogens is 6. The number of amides is 1. The van der Waals surface area contributed by atoms with Crippen LogP contribution in [0.2, 0.25) is 0 Å². The zero-order chi connectivity index (χ0) is 21.3. The summed E-state index contributed by atoms with van der Waals surface area (Å²) in [5.41, 5.74) is 3.77. The van der Waals surface area contributed by atoms with E-state index in [1.165, 1.54) is 10.9 Å². The van der Waals surface area contributed by atoms with Crippen LogP contribution >= 0.6 is 0 Å². The molecule has 1 aliphatic heterocycles. The largest absolute Gasteiger partial charge is 0.307 e. The van der Waals surface area contributed by atoms with E-state index in [9.17, 15) is 9.59 Å². The molecule has 0 radical (unpaired) electrons. The number of hydrogen-bond donors (Lipinski definition) is 0. The van der Waals surface area contributed by atoms with Gasteiger partial charge in [0, 0.05) is 38.8 Å². The van der Waals surface area contributed by atoms with Crippen LogP contribution < -0.4 is 10.5 Å². The number of fused-ring (bicyclic) bond motifs is 2. The van der Waals surface area contributed by atoms with Gasteiger partial charge < -0.3 is 9.13 Å². The van der Waals surface area contributed by atoms with Gasteiger partial charge in [0.05, 0.1) is 29.0 Å². The summed E-state index contributed by atoms with van der Waals surface area (Å²) in [6.07, 6.45) is 5.81. The Morgan fingerprint density at radius 2 is 2.00 bits per heavy atom. The third-order valence-corrected chi connectivity index (χ3v) is 6.08. The van der Waals surface area contributed by atoms with Crippen molar-refractivity contribution in [2.75, 3.05) is 11.4 Å². The lowest BCUT2D eigenvalue weighted by atomic mass is 10.1. The van der Waals surface area contributed by atoms with Crippen LogP contribution in [0.3, 0.4) is 0 Å². The topological polar surface area (TPSA) is 90.8 Å². The van der Waals surface area contributed by atoms with E-state index in [0.717, 1.165) is 35.5 Å². The molecule has 4 aromatic rings. The van der Waals surface area contributed by atoms with Gasteiger partial charge >= 0.3 is 0 Å². The van der Waals surface area contributed by atoms with Gasteiger partial charge in [-0.05, 0) is 31.0 Å². The van der Waals surface area contributed by atoms with Crippen molar-refractivity contribution >= 4 is 22.8 Å². The Bertz CT molecular complexity index is 1420. The van der Waals surface area contributed by atoms with Crippen LogP contribution in [0.15, 0.2) is 41.6 Å². The van der Waals surface area contributed by atoms with Crippen molar-refractivity contribution in [3.63, 3.8) is 0 Å². The first-order chi connectivity index (χ1) is 15.0. The monoisotopic (exact) mass is 415 g/mol. The van der Waals surface area contributed by atoms with E-state index < -0.39 is 0 Å². The standard InChI is InChI=1S/C22H21N7O2/c1-13(30)27-9-10-28-20(14-3-6-17-16(11-14)21(31)26(2)12-23-17)19(24-22(27)28)18-7-8-29(25-18)15-4-5-15/h3,6-8,11-12,15H,4-5,9-10H2,1-2H3. The first-order valence-electron chi connectivity index (χ1n) is 10.4. The van der Waals surface area contributed by atoms with Crippen LogP contribution in [-0.4, -0.2) is 41.3 Å². The highest BCUT2D eigenvalue weighted by Gasteiger charge is 2.32. The maximum absolute atomic E-state index is 12.7. The van der Waals surface area contributed by atoms with Crippen molar-refractivity contribution in [1.29, 1.82) is 0 Å². The summed E-state index contributed by atoms with van der Waals surface area (Å²) in [4.78, 5) is 35.7. The molecule has 3 aromatic heterocycles. The van der Waals surface area contributed by atoms with Crippen molar-refractivity contribution in [3.05, 3.63) is 47.1 Å². The van der Waals surface area contributed by atoms with Crippen LogP contribution in [0.5, 0.6) is 0 Å². The molecule has 1 aliphatic carbocycles. The van der Waals surface area contributed by atoms with E-state index in [0.29, 0.717) is 36.0 Å². The molecule has 1 fully saturated rings. The summed E-state index contributed by atoms with van der Waals surface area (Å²) >= 11 is 0. The molecule has 0 unspecified atom stereocenters. The highest BCUT2D eigenvalue weighted by Crippen LogP contribution is 2.39. The van der Waals surface area contributed by atoms with E-state index >= 15 is 0 Å². The zero-order valence-corrected chi connectivity index (χ0v) is 17.3. The van der Waals surface area contributed by atoms with Crippen LogP contribution in [0.25, 0.3) is 33.5 Å². The second-order valence-corrected chi connectivity index (χ2v) is 8.24. The van der Waals surface area contributed by atoms with E-state index in [2.05, 4.69) is 9.55 Å². The second kappa shape index (κ2) is 6.37. The predicted octanol–water partition coefficient (Wildman–Crippen LogP) is 2.36. The van der Waals surface area contributed by atoms with E-state index in [-0.39, 0.29) is 11.5 Å². The third-order valence-electron chi connectivity index (χ3n) is 6.08. The van der Waals surface area contributed by atoms with Gasteiger partial charge in [-0.25, -0.2) is 9.97 Å². The molecule has 9 nitrogen and oxygen atoms in total. The second-order valence-electron chi connectivity index (χ2n) is 8.24. The number of anilines is 1. The fourth-order valence-corrected chi connectivity index (χ4v) is 4.29. The lowest BCUT2D eigenvalue weighted by Gasteiger charge is -2.09. The summed E-state index contributed by atoms with van der Waals surface area (Å²) in [5, 5.41) is 5.31. The van der Waals surface area contributed by atoms with Gasteiger partial charge in [0.15, 0.2) is 0 Å². The molecule has 4 heterocycles. The van der Waals surface area contributed by atoms with Gasteiger partial charge in [-0.3, -0.25) is 19.2 Å². The number of benzene rings is 1. The Morgan fingerprint density at radius 1 is 1.16 bits per heavy atom. The molecule has 0 bridgehead atoms. The molecule has 156 valence electrons. The van der Waals surface area contributed by atoms with Crippen molar-refractivity contribution in [1.82, 2.24) is 28.9 Å². The summed E-state index contributed by atoms with van der Waals surface area (Å²) in [5.74, 6) is 0.583. The number of hydrogen-bond acceptors (Lipinski definition) is 5. The SMILES string of the molecule is CC(=O)N1CCn2c1nc(-c1ccn(C3CC3)n1)c2-c1ccc2ncn(C)c(=O)c2c1. The van der Waals surface area contributed by atoms with Crippen molar-refractivity contribution < 1.29 is 4.79 Å². The quantitative estimate of drug-likeness (QED) is 0.512. The van der Waals surface area contributed by atoms with Crippen LogP contribution in [-0.2, 0) is 18.4 Å². The zero-order valence-electron chi connectivity index (χ0n) is 17.3. The molecule has 0 saturated heterocycles. The Labute approximate surface area is 177 Å². The molecule has 31 heavy (non-hydrogen) atoms. The molecule has 0 N–H and O–H groups in total. The van der Waals surface area contributed by atoms with E-state index in [4.69, 9.17) is 10.1 Å². The minimum absolute atomic E-state index is 0.0399. The first kappa shape index (κ1) is 18.1. The summed E-state index contributed by atoms with van der Waals surface area (Å²) in [6.45, 7) is 2.78. The molecule has 6 rings (SSSR count). The number of carbonyl (C=O) groups excluding carboxylic acids is 1. The molecule has 1 aromatic carbocycles. The molecule has 9 heteroatoms. The first-order valence-corrected chi connectivity index (χ1v) is 10.4. The maximum Gasteiger partial charge on any atom is 0.260 e. The Morgan fingerprint density at radius 3 is 2.77 bits per heavy atom. The molecule has 0 atom stereocenters. The minimum Gasteiger partial charge on any atom is -0.307 e. The van der Waals surface area contributed by atoms with Crippen LogP contribution in [0.4, 0.5) is 5.95 Å². The van der Waals surface area contributed by atoms with Crippen molar-refractivity contribution in [3.8, 4) is 22.6 Å². The Hall–Kier alpha value is -3.75. The highest BCUT2D eigenvalue weighted by molar-refractivity contribution is 5.93. The molecule has 0 spiro atoms. The molecule has 2 aliphatic rings. The summed E-state index contributed by atoms with van der Waals surface area (Å²) < 4.78 is 5.52. The maximum atomic E-state index is 12.7. The third kappa shape index (κ3) is 2.73. The Balaban J connectivity index is 1.59. The fraction of sp³-hybridized carbons (Fsp3) is 0.318. The van der Waals surface area contributed by atoms with Crippen molar-refractivity contribution in [2.24, 2.45) is 7.05 Å². The number of imidazole rings is 1. The van der Waals surface area contributed by atoms with Gasteiger partial charge in [0.1, 0.15) is 11.4 Å². The van der Waals surface area contributed by atoms with Gasteiger partial charge in [0.25, 0.3) is 5.56 Å². The molecule has 1 amide bonds. The smallest absolute Gasteiger partial charge is 0.260 e. The summed E-state index contributed by atoms with van der Waals surface area (Å²) in [6, 6.07) is 8.12. The number of rotatable bonds is 3. The fourth-order valence-electron chi connectivity index (χ4n) is 4.29. The van der Waals surface area contributed by atoms with Crippen molar-refractivity contribution in [2.45, 2.75) is 32.4 Å². The number of carbonyl (C=O) groups is 1. The average molecular weight is 415 g/mol. The lowest BCUT2D eigenvalue weighted by molar-refractivity contribution is -0.116. The minimum atomic E-state index is -0.0991. The van der Waals surface area contributed by atoms with Crippen LogP contribution in [0.1, 0.15) is 25.8 Å². The Kier molecular flexibility index (Phi) is 3.71. The number of nitrogens with zero attached hydrogens (tertiary/aromatic N) is 7.